The van der Waals surface area contributed by atoms with Crippen LogP contribution < -0.4 is 4.74 Å². The summed E-state index contributed by atoms with van der Waals surface area (Å²) in [5.74, 6) is 0.805. The molecule has 0 amide bonds. The van der Waals surface area contributed by atoms with Crippen LogP contribution >= 0.6 is 0 Å². The first-order valence-electron chi connectivity index (χ1n) is 6.59. The Morgan fingerprint density at radius 2 is 1.94 bits per heavy atom. The molecular weight excluding hydrogens is 226 g/mol. The van der Waals surface area contributed by atoms with Crippen molar-refractivity contribution >= 4 is 5.78 Å². The SMILES string of the molecule is CCOc1ccccc1C(=O)CN(CC)C(C)C. The number of nitrogens with zero attached hydrogens (tertiary/aromatic N) is 1. The van der Waals surface area contributed by atoms with Gasteiger partial charge in [-0.1, -0.05) is 19.1 Å². The predicted molar refractivity (Wildman–Crippen MR) is 74.3 cm³/mol. The quantitative estimate of drug-likeness (QED) is 0.696. The van der Waals surface area contributed by atoms with Crippen molar-refractivity contribution in [2.45, 2.75) is 33.7 Å². The maximum atomic E-state index is 12.3. The minimum atomic E-state index is 0.120. The van der Waals surface area contributed by atoms with Crippen molar-refractivity contribution in [3.63, 3.8) is 0 Å². The van der Waals surface area contributed by atoms with Gasteiger partial charge in [0.1, 0.15) is 5.75 Å². The van der Waals surface area contributed by atoms with Crippen molar-refractivity contribution in [3.05, 3.63) is 29.8 Å². The number of ketones is 1. The van der Waals surface area contributed by atoms with Gasteiger partial charge >= 0.3 is 0 Å². The summed E-state index contributed by atoms with van der Waals surface area (Å²) in [6, 6.07) is 7.82. The Labute approximate surface area is 110 Å². The lowest BCUT2D eigenvalue weighted by atomic mass is 10.1. The third-order valence-electron chi connectivity index (χ3n) is 2.97. The summed E-state index contributed by atoms with van der Waals surface area (Å²) in [4.78, 5) is 14.4. The summed E-state index contributed by atoms with van der Waals surface area (Å²) in [7, 11) is 0. The summed E-state index contributed by atoms with van der Waals surface area (Å²) >= 11 is 0. The summed E-state index contributed by atoms with van der Waals surface area (Å²) in [6.45, 7) is 10.1. The van der Waals surface area contributed by atoms with Crippen molar-refractivity contribution in [2.75, 3.05) is 19.7 Å². The maximum absolute atomic E-state index is 12.3. The fourth-order valence-corrected chi connectivity index (χ4v) is 1.91. The zero-order valence-corrected chi connectivity index (χ0v) is 11.8. The van der Waals surface area contributed by atoms with Crippen LogP contribution in [0.15, 0.2) is 24.3 Å². The molecule has 0 aliphatic heterocycles. The molecule has 0 aliphatic carbocycles. The van der Waals surface area contributed by atoms with E-state index in [1.165, 1.54) is 0 Å². The fourth-order valence-electron chi connectivity index (χ4n) is 1.91. The first-order chi connectivity index (χ1) is 8.60. The monoisotopic (exact) mass is 249 g/mol. The van der Waals surface area contributed by atoms with E-state index < -0.39 is 0 Å². The van der Waals surface area contributed by atoms with Crippen LogP contribution in [-0.2, 0) is 0 Å². The molecule has 0 bridgehead atoms. The van der Waals surface area contributed by atoms with E-state index in [9.17, 15) is 4.79 Å². The van der Waals surface area contributed by atoms with Crippen LogP contribution in [0.2, 0.25) is 0 Å². The number of ether oxygens (including phenoxy) is 1. The third kappa shape index (κ3) is 3.84. The molecule has 0 saturated heterocycles. The molecule has 0 atom stereocenters. The number of benzene rings is 1. The Balaban J connectivity index is 2.83. The lowest BCUT2D eigenvalue weighted by Crippen LogP contribution is -2.35. The van der Waals surface area contributed by atoms with Gasteiger partial charge in [0.25, 0.3) is 0 Å². The second-order valence-electron chi connectivity index (χ2n) is 4.51. The summed E-state index contributed by atoms with van der Waals surface area (Å²) in [6.07, 6.45) is 0. The zero-order chi connectivity index (χ0) is 13.5. The van der Waals surface area contributed by atoms with Gasteiger partial charge in [0, 0.05) is 6.04 Å². The molecule has 1 rings (SSSR count). The maximum Gasteiger partial charge on any atom is 0.180 e. The van der Waals surface area contributed by atoms with E-state index in [0.29, 0.717) is 30.5 Å². The van der Waals surface area contributed by atoms with Crippen molar-refractivity contribution in [1.82, 2.24) is 4.90 Å². The van der Waals surface area contributed by atoms with Crippen LogP contribution in [0.5, 0.6) is 5.75 Å². The Morgan fingerprint density at radius 1 is 1.28 bits per heavy atom. The fraction of sp³-hybridized carbons (Fsp3) is 0.533. The lowest BCUT2D eigenvalue weighted by molar-refractivity contribution is 0.0907. The minimum absolute atomic E-state index is 0.120. The van der Waals surface area contributed by atoms with Gasteiger partial charge in [-0.15, -0.1) is 0 Å². The molecule has 0 unspecified atom stereocenters. The molecule has 1 aromatic carbocycles. The van der Waals surface area contributed by atoms with Crippen molar-refractivity contribution < 1.29 is 9.53 Å². The topological polar surface area (TPSA) is 29.5 Å². The van der Waals surface area contributed by atoms with Gasteiger partial charge in [-0.3, -0.25) is 9.69 Å². The van der Waals surface area contributed by atoms with Crippen LogP contribution in [0.25, 0.3) is 0 Å². The lowest BCUT2D eigenvalue weighted by Gasteiger charge is -2.24. The highest BCUT2D eigenvalue weighted by molar-refractivity contribution is 6.00. The van der Waals surface area contributed by atoms with E-state index in [-0.39, 0.29) is 5.78 Å². The van der Waals surface area contributed by atoms with Gasteiger partial charge in [-0.2, -0.15) is 0 Å². The van der Waals surface area contributed by atoms with Gasteiger partial charge in [-0.05, 0) is 39.4 Å². The molecule has 0 saturated carbocycles. The molecule has 1 aromatic rings. The van der Waals surface area contributed by atoms with Crippen LogP contribution in [-0.4, -0.2) is 36.4 Å². The Kier molecular flexibility index (Phi) is 5.86. The van der Waals surface area contributed by atoms with Gasteiger partial charge in [0.05, 0.1) is 18.7 Å². The number of Topliss-reactive ketones (excluding diaryl/α,β-unsaturated/α-hetero) is 1. The number of para-hydroxylation sites is 1. The summed E-state index contributed by atoms with van der Waals surface area (Å²) in [5, 5.41) is 0. The van der Waals surface area contributed by atoms with Crippen LogP contribution in [0.1, 0.15) is 38.1 Å². The third-order valence-corrected chi connectivity index (χ3v) is 2.97. The molecule has 0 spiro atoms. The molecule has 0 heterocycles. The standard InChI is InChI=1S/C15H23NO2/c1-5-16(12(3)4)11-14(17)13-9-7-8-10-15(13)18-6-2/h7-10,12H,5-6,11H2,1-4H3. The zero-order valence-electron chi connectivity index (χ0n) is 11.8. The number of hydrogen-bond acceptors (Lipinski definition) is 3. The Hall–Kier alpha value is -1.35. The Bertz CT molecular complexity index is 388. The van der Waals surface area contributed by atoms with E-state index in [0.717, 1.165) is 6.54 Å². The highest BCUT2D eigenvalue weighted by Crippen LogP contribution is 2.19. The predicted octanol–water partition coefficient (Wildman–Crippen LogP) is 3.00. The van der Waals surface area contributed by atoms with Gasteiger partial charge in [0.15, 0.2) is 5.78 Å². The molecule has 3 heteroatoms. The number of carbonyl (C=O) groups is 1. The van der Waals surface area contributed by atoms with Gasteiger partial charge < -0.3 is 4.74 Å². The largest absolute Gasteiger partial charge is 0.493 e. The van der Waals surface area contributed by atoms with Crippen LogP contribution in [0.4, 0.5) is 0 Å². The van der Waals surface area contributed by atoms with E-state index in [2.05, 4.69) is 25.7 Å². The van der Waals surface area contributed by atoms with Gasteiger partial charge in [0.2, 0.25) is 0 Å². The number of carbonyl (C=O) groups excluding carboxylic acids is 1. The average molecular weight is 249 g/mol. The molecule has 0 aromatic heterocycles. The molecular formula is C15H23NO2. The van der Waals surface area contributed by atoms with E-state index in [4.69, 9.17) is 4.74 Å². The van der Waals surface area contributed by atoms with Gasteiger partial charge in [-0.25, -0.2) is 0 Å². The first-order valence-corrected chi connectivity index (χ1v) is 6.59. The summed E-state index contributed by atoms with van der Waals surface area (Å²) < 4.78 is 5.49. The average Bonchev–Trinajstić information content (AvgIpc) is 2.36. The van der Waals surface area contributed by atoms with Crippen molar-refractivity contribution in [3.8, 4) is 5.75 Å². The second kappa shape index (κ2) is 7.17. The normalized spacial score (nSPS) is 11.0. The van der Waals surface area contributed by atoms with E-state index in [1.807, 2.05) is 31.2 Å². The van der Waals surface area contributed by atoms with Crippen LogP contribution in [0.3, 0.4) is 0 Å². The molecule has 100 valence electrons. The highest BCUT2D eigenvalue weighted by atomic mass is 16.5. The molecule has 0 fully saturated rings. The number of rotatable bonds is 7. The smallest absolute Gasteiger partial charge is 0.180 e. The molecule has 0 radical (unpaired) electrons. The second-order valence-corrected chi connectivity index (χ2v) is 4.51. The molecule has 3 nitrogen and oxygen atoms in total. The Morgan fingerprint density at radius 3 is 2.50 bits per heavy atom. The number of hydrogen-bond donors (Lipinski definition) is 0. The molecule has 0 N–H and O–H groups in total. The first kappa shape index (κ1) is 14.7. The molecule has 18 heavy (non-hydrogen) atoms. The van der Waals surface area contributed by atoms with Crippen molar-refractivity contribution in [1.29, 1.82) is 0 Å². The van der Waals surface area contributed by atoms with E-state index in [1.54, 1.807) is 0 Å². The summed E-state index contributed by atoms with van der Waals surface area (Å²) in [5.41, 5.74) is 0.679. The van der Waals surface area contributed by atoms with Crippen molar-refractivity contribution in [2.24, 2.45) is 0 Å². The van der Waals surface area contributed by atoms with Crippen LogP contribution in [0, 0.1) is 0 Å². The number of likely N-dealkylation sites (N-methyl/N-ethyl adjacent to an activating group) is 1. The minimum Gasteiger partial charge on any atom is -0.493 e. The highest BCUT2D eigenvalue weighted by Gasteiger charge is 2.16. The van der Waals surface area contributed by atoms with E-state index >= 15 is 0 Å². The molecule has 0 aliphatic rings.